The van der Waals surface area contributed by atoms with E-state index < -0.39 is 29.4 Å². The van der Waals surface area contributed by atoms with Crippen LogP contribution in [0.5, 0.6) is 0 Å². The summed E-state index contributed by atoms with van der Waals surface area (Å²) in [6.07, 6.45) is -5.63. The SMILES string of the molecule is O=Cc1nc(Cl)oc1CC(F)(F)F. The van der Waals surface area contributed by atoms with Crippen LogP contribution in [0.25, 0.3) is 0 Å². The summed E-state index contributed by atoms with van der Waals surface area (Å²) >= 11 is 5.17. The standard InChI is InChI=1S/C6H3ClF3NO2/c7-5-11-3(2-12)4(13-5)1-6(8,9)10/h2H,1H2. The monoisotopic (exact) mass is 213 g/mol. The Morgan fingerprint density at radius 3 is 2.62 bits per heavy atom. The van der Waals surface area contributed by atoms with Crippen molar-refractivity contribution >= 4 is 17.9 Å². The van der Waals surface area contributed by atoms with Crippen molar-refractivity contribution in [2.45, 2.75) is 12.6 Å². The smallest absolute Gasteiger partial charge is 0.396 e. The molecule has 0 bridgehead atoms. The molecule has 0 aromatic carbocycles. The lowest BCUT2D eigenvalue weighted by atomic mass is 10.3. The molecule has 0 unspecified atom stereocenters. The highest BCUT2D eigenvalue weighted by molar-refractivity contribution is 6.27. The van der Waals surface area contributed by atoms with E-state index in [0.717, 1.165) is 0 Å². The van der Waals surface area contributed by atoms with Crippen LogP contribution in [0.15, 0.2) is 4.42 Å². The van der Waals surface area contributed by atoms with Crippen molar-refractivity contribution in [2.75, 3.05) is 0 Å². The fourth-order valence-corrected chi connectivity index (χ4v) is 0.919. The van der Waals surface area contributed by atoms with Gasteiger partial charge in [0.25, 0.3) is 5.35 Å². The first-order chi connectivity index (χ1) is 5.92. The Kier molecular flexibility index (Phi) is 2.60. The van der Waals surface area contributed by atoms with Crippen LogP contribution < -0.4 is 0 Å². The Hall–Kier alpha value is -1.04. The van der Waals surface area contributed by atoms with Gasteiger partial charge in [0.05, 0.1) is 0 Å². The number of halogens is 4. The molecule has 72 valence electrons. The summed E-state index contributed by atoms with van der Waals surface area (Å²) < 4.78 is 39.8. The maximum Gasteiger partial charge on any atom is 0.396 e. The Balaban J connectivity index is 2.93. The van der Waals surface area contributed by atoms with Crippen LogP contribution in [-0.2, 0) is 6.42 Å². The first kappa shape index (κ1) is 10.0. The Bertz CT molecular complexity index is 320. The summed E-state index contributed by atoms with van der Waals surface area (Å²) in [7, 11) is 0. The van der Waals surface area contributed by atoms with Crippen LogP contribution in [0.3, 0.4) is 0 Å². The maximum absolute atomic E-state index is 11.8. The molecule has 1 aromatic heterocycles. The molecule has 0 aliphatic carbocycles. The first-order valence-electron chi connectivity index (χ1n) is 3.09. The van der Waals surface area contributed by atoms with Crippen LogP contribution in [-0.4, -0.2) is 17.4 Å². The zero-order chi connectivity index (χ0) is 10.1. The number of alkyl halides is 3. The summed E-state index contributed by atoms with van der Waals surface area (Å²) in [4.78, 5) is 13.4. The molecule has 0 aliphatic heterocycles. The average Bonchev–Trinajstić information content (AvgIpc) is 2.27. The average molecular weight is 214 g/mol. The molecule has 1 rings (SSSR count). The van der Waals surface area contributed by atoms with Crippen LogP contribution >= 0.6 is 11.6 Å². The second kappa shape index (κ2) is 3.37. The predicted molar refractivity (Wildman–Crippen MR) is 36.7 cm³/mol. The van der Waals surface area contributed by atoms with Crippen molar-refractivity contribution in [1.82, 2.24) is 4.98 Å². The quantitative estimate of drug-likeness (QED) is 0.708. The normalized spacial score (nSPS) is 11.7. The molecule has 0 radical (unpaired) electrons. The van der Waals surface area contributed by atoms with Crippen LogP contribution in [0.4, 0.5) is 13.2 Å². The number of aldehydes is 1. The van der Waals surface area contributed by atoms with E-state index in [0.29, 0.717) is 0 Å². The number of aromatic nitrogens is 1. The highest BCUT2D eigenvalue weighted by Crippen LogP contribution is 2.24. The van der Waals surface area contributed by atoms with E-state index >= 15 is 0 Å². The van der Waals surface area contributed by atoms with Crippen LogP contribution in [0.1, 0.15) is 16.2 Å². The van der Waals surface area contributed by atoms with Gasteiger partial charge in [0.2, 0.25) is 0 Å². The van der Waals surface area contributed by atoms with Gasteiger partial charge in [-0.2, -0.15) is 18.2 Å². The van der Waals surface area contributed by atoms with Crippen LogP contribution in [0.2, 0.25) is 5.35 Å². The number of oxazole rings is 1. The highest BCUT2D eigenvalue weighted by atomic mass is 35.5. The molecule has 0 saturated carbocycles. The van der Waals surface area contributed by atoms with Crippen molar-refractivity contribution in [3.8, 4) is 0 Å². The minimum Gasteiger partial charge on any atom is -0.432 e. The topological polar surface area (TPSA) is 43.1 Å². The zero-order valence-corrected chi connectivity index (χ0v) is 6.82. The summed E-state index contributed by atoms with van der Waals surface area (Å²) in [5, 5.41) is -0.471. The van der Waals surface area contributed by atoms with E-state index in [1.54, 1.807) is 0 Å². The predicted octanol–water partition coefficient (Wildman–Crippen LogP) is 2.25. The van der Waals surface area contributed by atoms with Crippen LogP contribution in [0, 0.1) is 0 Å². The lowest BCUT2D eigenvalue weighted by molar-refractivity contribution is -0.130. The molecule has 0 saturated heterocycles. The number of hydrogen-bond donors (Lipinski definition) is 0. The van der Waals surface area contributed by atoms with E-state index in [9.17, 15) is 18.0 Å². The summed E-state index contributed by atoms with van der Waals surface area (Å²) in [5.74, 6) is -0.562. The molecule has 0 spiro atoms. The van der Waals surface area contributed by atoms with E-state index in [1.165, 1.54) is 0 Å². The summed E-state index contributed by atoms with van der Waals surface area (Å²) in [6.45, 7) is 0. The third-order valence-electron chi connectivity index (χ3n) is 1.17. The Labute approximate surface area is 75.5 Å². The summed E-state index contributed by atoms with van der Waals surface area (Å²) in [5.41, 5.74) is -0.415. The summed E-state index contributed by atoms with van der Waals surface area (Å²) in [6, 6.07) is 0. The van der Waals surface area contributed by atoms with Gasteiger partial charge in [0, 0.05) is 0 Å². The zero-order valence-electron chi connectivity index (χ0n) is 6.06. The molecule has 13 heavy (non-hydrogen) atoms. The number of carbonyl (C=O) groups excluding carboxylic acids is 1. The number of nitrogens with zero attached hydrogens (tertiary/aromatic N) is 1. The van der Waals surface area contributed by atoms with Gasteiger partial charge in [-0.15, -0.1) is 0 Å². The third kappa shape index (κ3) is 2.73. The second-order valence-corrected chi connectivity index (χ2v) is 2.51. The van der Waals surface area contributed by atoms with Gasteiger partial charge in [-0.05, 0) is 11.6 Å². The van der Waals surface area contributed by atoms with Gasteiger partial charge in [-0.1, -0.05) is 0 Å². The molecular weight excluding hydrogens is 211 g/mol. The molecular formula is C6H3ClF3NO2. The van der Waals surface area contributed by atoms with E-state index in [1.807, 2.05) is 0 Å². The second-order valence-electron chi connectivity index (χ2n) is 2.19. The molecule has 1 heterocycles. The Morgan fingerprint density at radius 1 is 1.54 bits per heavy atom. The van der Waals surface area contributed by atoms with Crippen molar-refractivity contribution in [3.63, 3.8) is 0 Å². The molecule has 1 aromatic rings. The van der Waals surface area contributed by atoms with Gasteiger partial charge >= 0.3 is 6.18 Å². The highest BCUT2D eigenvalue weighted by Gasteiger charge is 2.31. The molecule has 0 N–H and O–H groups in total. The fraction of sp³-hybridized carbons (Fsp3) is 0.333. The maximum atomic E-state index is 11.8. The number of rotatable bonds is 2. The fourth-order valence-electron chi connectivity index (χ4n) is 0.735. The van der Waals surface area contributed by atoms with Gasteiger partial charge in [0.15, 0.2) is 6.29 Å². The molecule has 0 aliphatic rings. The number of carbonyl (C=O) groups is 1. The third-order valence-corrected chi connectivity index (χ3v) is 1.34. The van der Waals surface area contributed by atoms with Crippen molar-refractivity contribution in [2.24, 2.45) is 0 Å². The lowest BCUT2D eigenvalue weighted by Crippen LogP contribution is -2.12. The van der Waals surface area contributed by atoms with Gasteiger partial charge in [-0.3, -0.25) is 4.79 Å². The molecule has 3 nitrogen and oxygen atoms in total. The van der Waals surface area contributed by atoms with E-state index in [-0.39, 0.29) is 6.29 Å². The van der Waals surface area contributed by atoms with Crippen molar-refractivity contribution < 1.29 is 22.4 Å². The van der Waals surface area contributed by atoms with E-state index in [2.05, 4.69) is 9.40 Å². The van der Waals surface area contributed by atoms with Crippen molar-refractivity contribution in [3.05, 3.63) is 16.8 Å². The minimum atomic E-state index is -4.44. The molecule has 7 heteroatoms. The number of hydrogen-bond acceptors (Lipinski definition) is 3. The van der Waals surface area contributed by atoms with Gasteiger partial charge in [-0.25, -0.2) is 0 Å². The van der Waals surface area contributed by atoms with Gasteiger partial charge < -0.3 is 4.42 Å². The lowest BCUT2D eigenvalue weighted by Gasteiger charge is -2.01. The van der Waals surface area contributed by atoms with Gasteiger partial charge in [0.1, 0.15) is 17.9 Å². The Morgan fingerprint density at radius 2 is 2.15 bits per heavy atom. The van der Waals surface area contributed by atoms with Crippen molar-refractivity contribution in [1.29, 1.82) is 0 Å². The minimum absolute atomic E-state index is 0.163. The van der Waals surface area contributed by atoms with E-state index in [4.69, 9.17) is 11.6 Å². The first-order valence-corrected chi connectivity index (χ1v) is 3.47. The largest absolute Gasteiger partial charge is 0.432 e. The molecule has 0 amide bonds. The molecule has 0 fully saturated rings. The molecule has 0 atom stereocenters.